The number of ether oxygens (including phenoxy) is 2. The number of aromatic nitrogens is 3. The van der Waals surface area contributed by atoms with Gasteiger partial charge in [-0.1, -0.05) is 23.8 Å². The lowest BCUT2D eigenvalue weighted by Gasteiger charge is -2.30. The summed E-state index contributed by atoms with van der Waals surface area (Å²) in [5, 5.41) is -0.588. The first kappa shape index (κ1) is 20.1. The molecule has 156 valence electrons. The summed E-state index contributed by atoms with van der Waals surface area (Å²) in [7, 11) is 0. The van der Waals surface area contributed by atoms with Gasteiger partial charge in [0.2, 0.25) is 5.88 Å². The molecule has 29 heavy (non-hydrogen) atoms. The van der Waals surface area contributed by atoms with Gasteiger partial charge in [-0.05, 0) is 25.8 Å². The maximum absolute atomic E-state index is 14.4. The zero-order chi connectivity index (χ0) is 20.8. The van der Waals surface area contributed by atoms with E-state index >= 15 is 0 Å². The molecule has 0 N–H and O–H groups in total. The molecule has 1 atom stereocenters. The Bertz CT molecular complexity index is 971. The Morgan fingerprint density at radius 3 is 2.83 bits per heavy atom. The van der Waals surface area contributed by atoms with Crippen LogP contribution in [-0.4, -0.2) is 57.9 Å². The van der Waals surface area contributed by atoms with Gasteiger partial charge in [0.1, 0.15) is 12.1 Å². The van der Waals surface area contributed by atoms with Crippen LogP contribution in [-0.2, 0) is 0 Å². The zero-order valence-electron chi connectivity index (χ0n) is 15.2. The van der Waals surface area contributed by atoms with Crippen molar-refractivity contribution < 1.29 is 27.0 Å². The van der Waals surface area contributed by atoms with Crippen LogP contribution in [0.5, 0.6) is 11.9 Å². The highest BCUT2D eigenvalue weighted by Gasteiger charge is 2.46. The minimum Gasteiger partial charge on any atom is -0.467 e. The summed E-state index contributed by atoms with van der Waals surface area (Å²) in [5.41, 5.74) is 0.520. The fourth-order valence-corrected chi connectivity index (χ4v) is 4.10. The molecular weight excluding hydrogens is 416 g/mol. The monoisotopic (exact) mass is 432 g/mol. The van der Waals surface area contributed by atoms with E-state index in [4.69, 9.17) is 21.1 Å². The first-order chi connectivity index (χ1) is 13.7. The number of pyridine rings is 1. The van der Waals surface area contributed by atoms with Crippen molar-refractivity contribution in [2.75, 3.05) is 26.3 Å². The third-order valence-corrected chi connectivity index (χ3v) is 5.43. The van der Waals surface area contributed by atoms with Crippen LogP contribution in [0.15, 0.2) is 18.3 Å². The summed E-state index contributed by atoms with van der Waals surface area (Å²) in [6.45, 7) is 4.33. The van der Waals surface area contributed by atoms with Gasteiger partial charge in [-0.25, -0.2) is 9.37 Å². The molecule has 0 aliphatic carbocycles. The second-order valence-corrected chi connectivity index (χ2v) is 7.66. The van der Waals surface area contributed by atoms with Gasteiger partial charge in [-0.3, -0.25) is 4.90 Å². The number of rotatable bonds is 5. The van der Waals surface area contributed by atoms with Gasteiger partial charge in [-0.2, -0.15) is 23.1 Å². The van der Waals surface area contributed by atoms with Gasteiger partial charge in [0, 0.05) is 12.7 Å². The standard InChI is InChI=1S/C18H17ClF4N4O2/c1-10-5-17(3-2-4-27(17)7-10)8-29-16-25-13-11(6-24-14(19)12(13)20)15(26-16)28-9-18(21,22)23/h6H,1-5,7-9H2. The second-order valence-electron chi connectivity index (χ2n) is 7.31. The Morgan fingerprint density at radius 1 is 1.28 bits per heavy atom. The molecule has 0 amide bonds. The molecule has 4 heterocycles. The molecule has 0 spiro atoms. The van der Waals surface area contributed by atoms with Gasteiger partial charge in [0.05, 0.1) is 10.9 Å². The van der Waals surface area contributed by atoms with Gasteiger partial charge in [0.25, 0.3) is 0 Å². The average Bonchev–Trinajstić information content (AvgIpc) is 3.16. The van der Waals surface area contributed by atoms with Crippen molar-refractivity contribution >= 4 is 22.5 Å². The van der Waals surface area contributed by atoms with E-state index in [1.807, 2.05) is 0 Å². The first-order valence-corrected chi connectivity index (χ1v) is 9.30. The Morgan fingerprint density at radius 2 is 2.07 bits per heavy atom. The summed E-state index contributed by atoms with van der Waals surface area (Å²) >= 11 is 5.69. The molecule has 11 heteroatoms. The highest BCUT2D eigenvalue weighted by Crippen LogP contribution is 2.41. The van der Waals surface area contributed by atoms with E-state index in [9.17, 15) is 17.6 Å². The van der Waals surface area contributed by atoms with E-state index < -0.39 is 29.6 Å². The Labute approximate surface area is 168 Å². The summed E-state index contributed by atoms with van der Waals surface area (Å²) < 4.78 is 62.7. The smallest absolute Gasteiger partial charge is 0.422 e. The largest absolute Gasteiger partial charge is 0.467 e. The molecule has 1 unspecified atom stereocenters. The van der Waals surface area contributed by atoms with Crippen molar-refractivity contribution in [2.45, 2.75) is 31.0 Å². The summed E-state index contributed by atoms with van der Waals surface area (Å²) in [4.78, 5) is 13.8. The van der Waals surface area contributed by atoms with E-state index in [1.54, 1.807) is 0 Å². The average molecular weight is 433 g/mol. The van der Waals surface area contributed by atoms with E-state index in [0.717, 1.165) is 44.1 Å². The van der Waals surface area contributed by atoms with Crippen molar-refractivity contribution in [3.8, 4) is 11.9 Å². The third-order valence-electron chi connectivity index (χ3n) is 5.16. The number of alkyl halides is 3. The molecule has 2 aliphatic heterocycles. The maximum Gasteiger partial charge on any atom is 0.422 e. The van der Waals surface area contributed by atoms with Gasteiger partial charge >= 0.3 is 12.2 Å². The van der Waals surface area contributed by atoms with Crippen molar-refractivity contribution in [3.05, 3.63) is 29.3 Å². The Kier molecular flexibility index (Phi) is 5.02. The fraction of sp³-hybridized carbons (Fsp3) is 0.500. The fourth-order valence-electron chi connectivity index (χ4n) is 3.96. The number of fused-ring (bicyclic) bond motifs is 2. The topological polar surface area (TPSA) is 60.4 Å². The third kappa shape index (κ3) is 3.95. The predicted molar refractivity (Wildman–Crippen MR) is 96.6 cm³/mol. The van der Waals surface area contributed by atoms with E-state index in [1.165, 1.54) is 0 Å². The van der Waals surface area contributed by atoms with Crippen LogP contribution in [0.4, 0.5) is 17.6 Å². The number of hydrogen-bond acceptors (Lipinski definition) is 6. The lowest BCUT2D eigenvalue weighted by atomic mass is 9.94. The van der Waals surface area contributed by atoms with E-state index in [2.05, 4.69) is 26.4 Å². The minimum atomic E-state index is -4.59. The molecule has 2 aliphatic rings. The van der Waals surface area contributed by atoms with Crippen LogP contribution >= 0.6 is 11.6 Å². The van der Waals surface area contributed by atoms with Crippen molar-refractivity contribution in [1.82, 2.24) is 19.9 Å². The second kappa shape index (κ2) is 7.24. The maximum atomic E-state index is 14.4. The first-order valence-electron chi connectivity index (χ1n) is 8.93. The summed E-state index contributed by atoms with van der Waals surface area (Å²) in [6.07, 6.45) is -0.882. The van der Waals surface area contributed by atoms with Crippen LogP contribution in [0.25, 0.3) is 10.9 Å². The zero-order valence-corrected chi connectivity index (χ0v) is 16.0. The van der Waals surface area contributed by atoms with Crippen LogP contribution in [0.2, 0.25) is 5.15 Å². The van der Waals surface area contributed by atoms with Gasteiger partial charge < -0.3 is 9.47 Å². The van der Waals surface area contributed by atoms with Crippen LogP contribution < -0.4 is 9.47 Å². The number of hydrogen-bond donors (Lipinski definition) is 0. The molecule has 6 nitrogen and oxygen atoms in total. The number of nitrogens with zero attached hydrogens (tertiary/aromatic N) is 4. The molecule has 0 aromatic carbocycles. The molecule has 2 aromatic rings. The minimum absolute atomic E-state index is 0.126. The molecule has 0 radical (unpaired) electrons. The van der Waals surface area contributed by atoms with E-state index in [0.29, 0.717) is 0 Å². The normalized spacial score (nSPS) is 22.3. The quantitative estimate of drug-likeness (QED) is 0.405. The highest BCUT2D eigenvalue weighted by molar-refractivity contribution is 6.30. The molecule has 2 fully saturated rings. The molecular formula is C18H17ClF4N4O2. The molecule has 0 bridgehead atoms. The summed E-state index contributed by atoms with van der Waals surface area (Å²) in [5.74, 6) is -1.45. The lowest BCUT2D eigenvalue weighted by molar-refractivity contribution is -0.153. The predicted octanol–water partition coefficient (Wildman–Crippen LogP) is 3.93. The van der Waals surface area contributed by atoms with E-state index in [-0.39, 0.29) is 29.1 Å². The van der Waals surface area contributed by atoms with Crippen LogP contribution in [0.3, 0.4) is 0 Å². The number of halogens is 5. The van der Waals surface area contributed by atoms with Gasteiger partial charge in [0.15, 0.2) is 17.6 Å². The molecule has 0 saturated carbocycles. The SMILES string of the molecule is C=C1CN2CCCC2(COc2nc(OCC(F)(F)F)c3cnc(Cl)c(F)c3n2)C1. The van der Waals surface area contributed by atoms with Gasteiger partial charge in [-0.15, -0.1) is 0 Å². The molecule has 2 saturated heterocycles. The lowest BCUT2D eigenvalue weighted by Crippen LogP contribution is -2.43. The van der Waals surface area contributed by atoms with Crippen LogP contribution in [0.1, 0.15) is 19.3 Å². The highest BCUT2D eigenvalue weighted by atomic mass is 35.5. The van der Waals surface area contributed by atoms with Crippen molar-refractivity contribution in [3.63, 3.8) is 0 Å². The molecule has 4 rings (SSSR count). The van der Waals surface area contributed by atoms with Crippen molar-refractivity contribution in [1.29, 1.82) is 0 Å². The van der Waals surface area contributed by atoms with Crippen molar-refractivity contribution in [2.24, 2.45) is 0 Å². The molecule has 2 aromatic heterocycles. The Balaban J connectivity index is 1.65. The van der Waals surface area contributed by atoms with Crippen LogP contribution in [0, 0.1) is 5.82 Å². The summed E-state index contributed by atoms with van der Waals surface area (Å²) in [6, 6.07) is -0.283. The Hall–Kier alpha value is -2.20.